The van der Waals surface area contributed by atoms with E-state index in [2.05, 4.69) is 5.32 Å². The third-order valence-electron chi connectivity index (χ3n) is 3.48. The van der Waals surface area contributed by atoms with Crippen LogP contribution in [0.2, 0.25) is 0 Å². The van der Waals surface area contributed by atoms with E-state index in [4.69, 9.17) is 0 Å². The first-order valence-electron chi connectivity index (χ1n) is 5.93. The Labute approximate surface area is 99.0 Å². The summed E-state index contributed by atoms with van der Waals surface area (Å²) in [4.78, 5) is 0. The molecule has 1 aromatic rings. The van der Waals surface area contributed by atoms with Crippen molar-refractivity contribution < 1.29 is 13.2 Å². The fourth-order valence-corrected chi connectivity index (χ4v) is 2.59. The maximum Gasteiger partial charge on any atom is 0.416 e. The molecule has 0 spiro atoms. The molecule has 17 heavy (non-hydrogen) atoms. The molecule has 94 valence electrons. The Morgan fingerprint density at radius 2 is 2.00 bits per heavy atom. The predicted molar refractivity (Wildman–Crippen MR) is 60.6 cm³/mol. The summed E-state index contributed by atoms with van der Waals surface area (Å²) in [5.74, 6) is 0.304. The fraction of sp³-hybridized carbons (Fsp3) is 0.538. The second-order valence-electron chi connectivity index (χ2n) is 4.47. The fourth-order valence-electron chi connectivity index (χ4n) is 2.59. The molecule has 0 aliphatic carbocycles. The van der Waals surface area contributed by atoms with E-state index < -0.39 is 11.7 Å². The second kappa shape index (κ2) is 4.69. The van der Waals surface area contributed by atoms with E-state index in [1.807, 2.05) is 6.92 Å². The van der Waals surface area contributed by atoms with Crippen LogP contribution in [0.1, 0.15) is 36.9 Å². The molecule has 0 saturated carbocycles. The van der Waals surface area contributed by atoms with E-state index in [9.17, 15) is 13.2 Å². The lowest BCUT2D eigenvalue weighted by atomic mass is 9.89. The number of benzene rings is 1. The van der Waals surface area contributed by atoms with Gasteiger partial charge >= 0.3 is 6.18 Å². The van der Waals surface area contributed by atoms with Gasteiger partial charge in [-0.25, -0.2) is 0 Å². The van der Waals surface area contributed by atoms with Crippen LogP contribution in [0.3, 0.4) is 0 Å². The minimum atomic E-state index is -4.26. The van der Waals surface area contributed by atoms with E-state index in [0.717, 1.165) is 19.4 Å². The van der Waals surface area contributed by atoms with Gasteiger partial charge < -0.3 is 5.32 Å². The molecule has 0 bridgehead atoms. The minimum Gasteiger partial charge on any atom is -0.310 e. The van der Waals surface area contributed by atoms with Crippen molar-refractivity contribution in [1.29, 1.82) is 0 Å². The quantitative estimate of drug-likeness (QED) is 0.833. The van der Waals surface area contributed by atoms with Crippen molar-refractivity contribution >= 4 is 0 Å². The van der Waals surface area contributed by atoms with E-state index in [1.165, 1.54) is 12.1 Å². The zero-order valence-electron chi connectivity index (χ0n) is 9.72. The van der Waals surface area contributed by atoms with Crippen molar-refractivity contribution in [3.63, 3.8) is 0 Å². The van der Waals surface area contributed by atoms with Crippen LogP contribution in [-0.2, 0) is 6.18 Å². The lowest BCUT2D eigenvalue weighted by Crippen LogP contribution is -2.21. The summed E-state index contributed by atoms with van der Waals surface area (Å²) in [7, 11) is 0. The van der Waals surface area contributed by atoms with Crippen LogP contribution in [0.4, 0.5) is 13.2 Å². The highest BCUT2D eigenvalue weighted by atomic mass is 19.4. The van der Waals surface area contributed by atoms with E-state index in [-0.39, 0.29) is 6.04 Å². The number of hydrogen-bond donors (Lipinski definition) is 1. The molecule has 1 aliphatic rings. The molecule has 0 aromatic heterocycles. The second-order valence-corrected chi connectivity index (χ2v) is 4.47. The van der Waals surface area contributed by atoms with Crippen molar-refractivity contribution in [2.75, 3.05) is 6.54 Å². The van der Waals surface area contributed by atoms with Gasteiger partial charge in [-0.1, -0.05) is 31.5 Å². The van der Waals surface area contributed by atoms with Crippen molar-refractivity contribution in [2.45, 2.75) is 32.0 Å². The van der Waals surface area contributed by atoms with Crippen LogP contribution in [0.5, 0.6) is 0 Å². The molecule has 1 aromatic carbocycles. The highest BCUT2D eigenvalue weighted by molar-refractivity contribution is 5.33. The third-order valence-corrected chi connectivity index (χ3v) is 3.48. The number of halogens is 3. The van der Waals surface area contributed by atoms with Gasteiger partial charge in [0, 0.05) is 6.04 Å². The predicted octanol–water partition coefficient (Wildman–Crippen LogP) is 3.77. The summed E-state index contributed by atoms with van der Waals surface area (Å²) in [6.45, 7) is 2.83. The summed E-state index contributed by atoms with van der Waals surface area (Å²) >= 11 is 0. The number of nitrogens with one attached hydrogen (secondary N) is 1. The van der Waals surface area contributed by atoms with Crippen LogP contribution < -0.4 is 5.32 Å². The van der Waals surface area contributed by atoms with Gasteiger partial charge in [-0.05, 0) is 30.5 Å². The van der Waals surface area contributed by atoms with E-state index >= 15 is 0 Å². The monoisotopic (exact) mass is 243 g/mol. The number of alkyl halides is 3. The molecule has 1 N–H and O–H groups in total. The Balaban J connectivity index is 2.38. The van der Waals surface area contributed by atoms with Gasteiger partial charge in [0.15, 0.2) is 0 Å². The largest absolute Gasteiger partial charge is 0.416 e. The molecule has 1 fully saturated rings. The van der Waals surface area contributed by atoms with Crippen molar-refractivity contribution in [1.82, 2.24) is 5.32 Å². The van der Waals surface area contributed by atoms with Crippen LogP contribution >= 0.6 is 0 Å². The first kappa shape index (κ1) is 12.4. The highest BCUT2D eigenvalue weighted by Crippen LogP contribution is 2.39. The zero-order valence-corrected chi connectivity index (χ0v) is 9.72. The molecule has 1 aliphatic heterocycles. The summed E-state index contributed by atoms with van der Waals surface area (Å²) in [6, 6.07) is 5.73. The van der Waals surface area contributed by atoms with Crippen molar-refractivity contribution in [2.24, 2.45) is 5.92 Å². The zero-order chi connectivity index (χ0) is 12.5. The summed E-state index contributed by atoms with van der Waals surface area (Å²) < 4.78 is 38.7. The van der Waals surface area contributed by atoms with Crippen molar-refractivity contribution in [3.8, 4) is 0 Å². The topological polar surface area (TPSA) is 12.0 Å². The highest BCUT2D eigenvalue weighted by Gasteiger charge is 2.37. The summed E-state index contributed by atoms with van der Waals surface area (Å²) in [5.41, 5.74) is -0.109. The first-order valence-corrected chi connectivity index (χ1v) is 5.93. The van der Waals surface area contributed by atoms with Crippen LogP contribution in [0.15, 0.2) is 24.3 Å². The summed E-state index contributed by atoms with van der Waals surface area (Å²) in [6.07, 6.45) is -2.41. The van der Waals surface area contributed by atoms with Crippen LogP contribution in [-0.4, -0.2) is 6.54 Å². The van der Waals surface area contributed by atoms with Gasteiger partial charge in [0.25, 0.3) is 0 Å². The summed E-state index contributed by atoms with van der Waals surface area (Å²) in [5, 5.41) is 3.19. The third kappa shape index (κ3) is 2.46. The number of rotatable bonds is 2. The maximum absolute atomic E-state index is 12.9. The standard InChI is InChI=1S/C13H16F3N/c1-2-9-7-8-17-12(9)10-5-3-4-6-11(10)13(14,15)16/h3-6,9,12,17H,2,7-8H2,1H3. The van der Waals surface area contributed by atoms with Crippen LogP contribution in [0.25, 0.3) is 0 Å². The van der Waals surface area contributed by atoms with Crippen molar-refractivity contribution in [3.05, 3.63) is 35.4 Å². The Morgan fingerprint density at radius 3 is 2.65 bits per heavy atom. The molecular formula is C13H16F3N. The van der Waals surface area contributed by atoms with Gasteiger partial charge in [0.2, 0.25) is 0 Å². The number of hydrogen-bond acceptors (Lipinski definition) is 1. The molecule has 2 unspecified atom stereocenters. The van der Waals surface area contributed by atoms with Gasteiger partial charge in [-0.3, -0.25) is 0 Å². The molecule has 1 saturated heterocycles. The lowest BCUT2D eigenvalue weighted by Gasteiger charge is -2.22. The molecule has 2 rings (SSSR count). The first-order chi connectivity index (χ1) is 8.04. The van der Waals surface area contributed by atoms with E-state index in [1.54, 1.807) is 12.1 Å². The van der Waals surface area contributed by atoms with Gasteiger partial charge in [-0.15, -0.1) is 0 Å². The van der Waals surface area contributed by atoms with Gasteiger partial charge in [-0.2, -0.15) is 13.2 Å². The molecule has 1 nitrogen and oxygen atoms in total. The Hall–Kier alpha value is -1.03. The molecule has 4 heteroatoms. The maximum atomic E-state index is 12.9. The van der Waals surface area contributed by atoms with Crippen LogP contribution in [0, 0.1) is 5.92 Å². The molecule has 1 heterocycles. The normalized spacial score (nSPS) is 25.2. The molecule has 2 atom stereocenters. The Bertz CT molecular complexity index is 386. The average Bonchev–Trinajstić information content (AvgIpc) is 2.75. The Kier molecular flexibility index (Phi) is 3.43. The average molecular weight is 243 g/mol. The lowest BCUT2D eigenvalue weighted by molar-refractivity contribution is -0.138. The Morgan fingerprint density at radius 1 is 1.29 bits per heavy atom. The smallest absolute Gasteiger partial charge is 0.310 e. The molecular weight excluding hydrogens is 227 g/mol. The molecule has 0 amide bonds. The SMILES string of the molecule is CCC1CCNC1c1ccccc1C(F)(F)F. The van der Waals surface area contributed by atoms with Gasteiger partial charge in [0.1, 0.15) is 0 Å². The van der Waals surface area contributed by atoms with E-state index in [0.29, 0.717) is 11.5 Å². The molecule has 0 radical (unpaired) electrons. The van der Waals surface area contributed by atoms with Gasteiger partial charge in [0.05, 0.1) is 5.56 Å². The minimum absolute atomic E-state index is 0.155.